The van der Waals surface area contributed by atoms with Crippen LogP contribution in [0, 0.1) is 0 Å². The van der Waals surface area contributed by atoms with Crippen LogP contribution in [0.4, 0.5) is 0 Å². The zero-order chi connectivity index (χ0) is 11.8. The number of benzene rings is 1. The van der Waals surface area contributed by atoms with E-state index in [1.807, 2.05) is 25.3 Å². The third-order valence-corrected chi connectivity index (χ3v) is 2.51. The Morgan fingerprint density at radius 1 is 1.38 bits per heavy atom. The van der Waals surface area contributed by atoms with Crippen molar-refractivity contribution in [3.8, 4) is 5.75 Å². The highest BCUT2D eigenvalue weighted by molar-refractivity contribution is 5.29. The highest BCUT2D eigenvalue weighted by atomic mass is 16.5. The van der Waals surface area contributed by atoms with E-state index in [-0.39, 0.29) is 0 Å². The van der Waals surface area contributed by atoms with E-state index >= 15 is 0 Å². The Kier molecular flexibility index (Phi) is 5.65. The molecular weight excluding hydrogens is 198 g/mol. The van der Waals surface area contributed by atoms with E-state index in [0.717, 1.165) is 25.2 Å². The summed E-state index contributed by atoms with van der Waals surface area (Å²) in [6.07, 6.45) is 3.91. The van der Waals surface area contributed by atoms with Crippen LogP contribution in [0.3, 0.4) is 0 Å². The van der Waals surface area contributed by atoms with E-state index in [0.29, 0.717) is 6.04 Å². The van der Waals surface area contributed by atoms with Gasteiger partial charge in [0, 0.05) is 6.04 Å². The Bertz CT molecular complexity index is 305. The Morgan fingerprint density at radius 3 is 2.56 bits per heavy atom. The topological polar surface area (TPSA) is 21.3 Å². The fourth-order valence-electron chi connectivity index (χ4n) is 1.60. The van der Waals surface area contributed by atoms with Crippen molar-refractivity contribution in [1.82, 2.24) is 5.32 Å². The molecule has 1 atom stereocenters. The maximum atomic E-state index is 5.54. The van der Waals surface area contributed by atoms with E-state index in [1.165, 1.54) is 5.56 Å². The normalized spacial score (nSPS) is 12.1. The molecule has 0 fully saturated rings. The lowest BCUT2D eigenvalue weighted by atomic mass is 10.0. The van der Waals surface area contributed by atoms with Crippen LogP contribution in [0.2, 0.25) is 0 Å². The molecule has 0 aliphatic carbocycles. The van der Waals surface area contributed by atoms with E-state index < -0.39 is 0 Å². The molecule has 0 bridgehead atoms. The SMILES string of the molecule is C=CCC(NC)c1ccc(OCCC)cc1. The van der Waals surface area contributed by atoms with Crippen LogP contribution in [-0.2, 0) is 0 Å². The molecule has 1 unspecified atom stereocenters. The molecule has 1 aromatic carbocycles. The molecule has 0 spiro atoms. The van der Waals surface area contributed by atoms with Gasteiger partial charge in [-0.05, 0) is 37.6 Å². The predicted octanol–water partition coefficient (Wildman–Crippen LogP) is 3.31. The molecule has 0 aliphatic rings. The largest absolute Gasteiger partial charge is 0.494 e. The summed E-state index contributed by atoms with van der Waals surface area (Å²) in [5.41, 5.74) is 1.27. The van der Waals surface area contributed by atoms with E-state index in [4.69, 9.17) is 4.74 Å². The molecule has 0 amide bonds. The zero-order valence-corrected chi connectivity index (χ0v) is 10.2. The smallest absolute Gasteiger partial charge is 0.119 e. The summed E-state index contributed by atoms with van der Waals surface area (Å²) in [6.45, 7) is 6.65. The molecule has 0 radical (unpaired) electrons. The molecule has 2 nitrogen and oxygen atoms in total. The molecule has 16 heavy (non-hydrogen) atoms. The lowest BCUT2D eigenvalue weighted by molar-refractivity contribution is 0.317. The van der Waals surface area contributed by atoms with Gasteiger partial charge in [-0.2, -0.15) is 0 Å². The highest BCUT2D eigenvalue weighted by Crippen LogP contribution is 2.20. The molecule has 0 aliphatic heterocycles. The van der Waals surface area contributed by atoms with E-state index in [2.05, 4.69) is 31.0 Å². The minimum atomic E-state index is 0.345. The molecule has 1 rings (SSSR count). The third kappa shape index (κ3) is 3.70. The number of hydrogen-bond acceptors (Lipinski definition) is 2. The number of rotatable bonds is 7. The summed E-state index contributed by atoms with van der Waals surface area (Å²) in [5.74, 6) is 0.944. The van der Waals surface area contributed by atoms with Crippen LogP contribution >= 0.6 is 0 Å². The molecule has 1 N–H and O–H groups in total. The van der Waals surface area contributed by atoms with Gasteiger partial charge in [-0.25, -0.2) is 0 Å². The Hall–Kier alpha value is -1.28. The minimum absolute atomic E-state index is 0.345. The maximum absolute atomic E-state index is 5.54. The van der Waals surface area contributed by atoms with Gasteiger partial charge >= 0.3 is 0 Å². The summed E-state index contributed by atoms with van der Waals surface area (Å²) in [6, 6.07) is 8.61. The quantitative estimate of drug-likeness (QED) is 0.710. The lowest BCUT2D eigenvalue weighted by Crippen LogP contribution is -2.15. The summed E-state index contributed by atoms with van der Waals surface area (Å²) in [7, 11) is 1.97. The van der Waals surface area contributed by atoms with Crippen molar-refractivity contribution < 1.29 is 4.74 Å². The Balaban J connectivity index is 2.65. The summed E-state index contributed by atoms with van der Waals surface area (Å²) >= 11 is 0. The molecule has 2 heteroatoms. The standard InChI is InChI=1S/C14H21NO/c1-4-6-14(15-3)12-7-9-13(10-8-12)16-11-5-2/h4,7-10,14-15H,1,5-6,11H2,2-3H3. The summed E-state index contributed by atoms with van der Waals surface area (Å²) < 4.78 is 5.54. The van der Waals surface area contributed by atoms with Gasteiger partial charge < -0.3 is 10.1 Å². The fraction of sp³-hybridized carbons (Fsp3) is 0.429. The second-order valence-corrected chi connectivity index (χ2v) is 3.78. The predicted molar refractivity (Wildman–Crippen MR) is 68.8 cm³/mol. The second-order valence-electron chi connectivity index (χ2n) is 3.78. The Morgan fingerprint density at radius 2 is 2.06 bits per heavy atom. The average Bonchev–Trinajstić information content (AvgIpc) is 2.34. The van der Waals surface area contributed by atoms with Crippen molar-refractivity contribution in [2.45, 2.75) is 25.8 Å². The molecule has 0 aromatic heterocycles. The molecule has 0 saturated carbocycles. The van der Waals surface area contributed by atoms with Crippen LogP contribution in [0.5, 0.6) is 5.75 Å². The van der Waals surface area contributed by atoms with Crippen LogP contribution in [-0.4, -0.2) is 13.7 Å². The van der Waals surface area contributed by atoms with Crippen molar-refractivity contribution in [2.75, 3.05) is 13.7 Å². The Labute approximate surface area is 98.3 Å². The first-order chi connectivity index (χ1) is 7.81. The van der Waals surface area contributed by atoms with E-state index in [1.54, 1.807) is 0 Å². The molecule has 0 heterocycles. The first-order valence-corrected chi connectivity index (χ1v) is 5.82. The van der Waals surface area contributed by atoms with Gasteiger partial charge in [0.1, 0.15) is 5.75 Å². The fourth-order valence-corrected chi connectivity index (χ4v) is 1.60. The number of hydrogen-bond donors (Lipinski definition) is 1. The monoisotopic (exact) mass is 219 g/mol. The molecular formula is C14H21NO. The maximum Gasteiger partial charge on any atom is 0.119 e. The third-order valence-electron chi connectivity index (χ3n) is 2.51. The van der Waals surface area contributed by atoms with Crippen molar-refractivity contribution in [3.05, 3.63) is 42.5 Å². The van der Waals surface area contributed by atoms with Crippen LogP contribution in [0.15, 0.2) is 36.9 Å². The second kappa shape index (κ2) is 7.07. The number of ether oxygens (including phenoxy) is 1. The first-order valence-electron chi connectivity index (χ1n) is 5.82. The lowest BCUT2D eigenvalue weighted by Gasteiger charge is -2.15. The number of nitrogens with one attached hydrogen (secondary N) is 1. The van der Waals surface area contributed by atoms with Crippen molar-refractivity contribution in [1.29, 1.82) is 0 Å². The van der Waals surface area contributed by atoms with Gasteiger partial charge in [-0.3, -0.25) is 0 Å². The first kappa shape index (κ1) is 12.8. The average molecular weight is 219 g/mol. The van der Waals surface area contributed by atoms with Crippen LogP contribution < -0.4 is 10.1 Å². The van der Waals surface area contributed by atoms with Crippen molar-refractivity contribution >= 4 is 0 Å². The van der Waals surface area contributed by atoms with Crippen LogP contribution in [0.25, 0.3) is 0 Å². The van der Waals surface area contributed by atoms with Gasteiger partial charge in [0.25, 0.3) is 0 Å². The van der Waals surface area contributed by atoms with Gasteiger partial charge in [0.05, 0.1) is 6.61 Å². The molecule has 0 saturated heterocycles. The van der Waals surface area contributed by atoms with Gasteiger partial charge in [-0.15, -0.1) is 6.58 Å². The minimum Gasteiger partial charge on any atom is -0.494 e. The zero-order valence-electron chi connectivity index (χ0n) is 10.2. The summed E-state index contributed by atoms with van der Waals surface area (Å²) in [4.78, 5) is 0. The van der Waals surface area contributed by atoms with Crippen molar-refractivity contribution in [3.63, 3.8) is 0 Å². The van der Waals surface area contributed by atoms with Crippen LogP contribution in [0.1, 0.15) is 31.4 Å². The molecule has 88 valence electrons. The van der Waals surface area contributed by atoms with Gasteiger partial charge in [0.15, 0.2) is 0 Å². The van der Waals surface area contributed by atoms with Crippen molar-refractivity contribution in [2.24, 2.45) is 0 Å². The van der Waals surface area contributed by atoms with Gasteiger partial charge in [-0.1, -0.05) is 25.1 Å². The van der Waals surface area contributed by atoms with Gasteiger partial charge in [0.2, 0.25) is 0 Å². The van der Waals surface area contributed by atoms with E-state index in [9.17, 15) is 0 Å². The summed E-state index contributed by atoms with van der Waals surface area (Å²) in [5, 5.41) is 3.27. The highest BCUT2D eigenvalue weighted by Gasteiger charge is 2.06. The molecule has 1 aromatic rings.